The summed E-state index contributed by atoms with van der Waals surface area (Å²) in [5, 5.41) is 71.6. The lowest BCUT2D eigenvalue weighted by Gasteiger charge is -2.32. The molecule has 31 aromatic carbocycles. The van der Waals surface area contributed by atoms with Gasteiger partial charge >= 0.3 is 52.9 Å². The highest BCUT2D eigenvalue weighted by molar-refractivity contribution is 6.82. The van der Waals surface area contributed by atoms with Crippen LogP contribution < -0.4 is 17.1 Å². The molecular weight excluding hydrogens is 1500 g/mol. The van der Waals surface area contributed by atoms with Gasteiger partial charge < -0.3 is 28.4 Å². The number of unbranched alkanes of at least 4 members (excludes halogenated alkanes) is 3. The van der Waals surface area contributed by atoms with Gasteiger partial charge in [-0.25, -0.2) is 33.3 Å². The number of benzene rings is 21. The van der Waals surface area contributed by atoms with E-state index in [1.807, 2.05) is 0 Å². The maximum atomic E-state index is 18.2. The van der Waals surface area contributed by atoms with Crippen LogP contribution in [0.2, 0.25) is 0 Å². The van der Waals surface area contributed by atoms with Crippen molar-refractivity contribution in [2.24, 2.45) is 5.41 Å². The molecule has 18 heteroatoms. The molecule has 0 amide bonds. The van der Waals surface area contributed by atoms with Crippen molar-refractivity contribution in [2.45, 2.75) is 81.3 Å². The number of hydrogen-bond donors (Lipinski definition) is 2. The largest absolute Gasteiger partial charge is 0.465 e. The molecule has 119 heavy (non-hydrogen) atoms. The SMILES string of the molecule is O=C(CCCOC(=O)C1(C(=O)OCCCCCCn2c(=O)[nH]c(=O)[nH]c2=O)C23c4c5c6c7c8c9c(c%10c%11c2c2c4c4c%12c5c5c6c6c8c8c%13c9c9c%10c%10c%11c%11c2c2c4c4c%12c%12c5c5c6c8c6c8c%13c9c9c%10c%10c%11c2c2c4c4c%12c5c6c5c8c9c%10c2c45)C713)O[C@@H](C(=O)OCc1ccccc1)[C@@H](OC(=O)c1ccccc1)C(=O)OCc1ccccc1. The van der Waals surface area contributed by atoms with E-state index in [0.29, 0.717) is 36.8 Å². The van der Waals surface area contributed by atoms with Gasteiger partial charge in [-0.1, -0.05) is 85.3 Å². The second-order valence-corrected chi connectivity index (χ2v) is 36.4. The van der Waals surface area contributed by atoms with Crippen LogP contribution in [0.4, 0.5) is 0 Å². The van der Waals surface area contributed by atoms with Crippen LogP contribution >= 0.6 is 0 Å². The molecule has 5 aliphatic rings. The number of nitrogens with zero attached hydrogens (tertiary/aromatic N) is 1. The molecule has 1 heterocycles. The summed E-state index contributed by atoms with van der Waals surface area (Å²) < 4.78 is 38.9. The molecule has 0 radical (unpaired) electrons. The number of aromatic amines is 2. The lowest BCUT2D eigenvalue weighted by molar-refractivity contribution is -0.185. The molecule has 32 aromatic rings. The normalized spacial score (nSPS) is 19.3. The fraction of sp³-hybridized carbons (Fsp3) is 0.158. The molecule has 0 aliphatic heterocycles. The summed E-state index contributed by atoms with van der Waals surface area (Å²) in [5.74, 6) is -5.83. The average molecular weight is 1540 g/mol. The van der Waals surface area contributed by atoms with Gasteiger partial charge in [-0.3, -0.25) is 24.4 Å². The molecule has 2 N–H and O–H groups in total. The van der Waals surface area contributed by atoms with Crippen molar-refractivity contribution >= 4 is 327 Å². The molecule has 2 atom stereocenters. The summed E-state index contributed by atoms with van der Waals surface area (Å²) in [6.07, 6.45) is -3.22. The van der Waals surface area contributed by atoms with E-state index in [4.69, 9.17) is 28.4 Å². The zero-order chi connectivity index (χ0) is 76.7. The Hall–Kier alpha value is -14.7. The highest BCUT2D eigenvalue weighted by atomic mass is 16.6. The first-order valence-corrected chi connectivity index (χ1v) is 41.4. The Balaban J connectivity index is 0.590. The van der Waals surface area contributed by atoms with Crippen molar-refractivity contribution in [3.63, 3.8) is 0 Å². The van der Waals surface area contributed by atoms with Crippen LogP contribution in [-0.2, 0) is 83.0 Å². The van der Waals surface area contributed by atoms with Crippen LogP contribution in [0.3, 0.4) is 0 Å². The lowest BCUT2D eigenvalue weighted by Crippen LogP contribution is -2.47. The molecule has 1 fully saturated rings. The summed E-state index contributed by atoms with van der Waals surface area (Å²) in [7, 11) is 0. The summed E-state index contributed by atoms with van der Waals surface area (Å²) in [4.78, 5) is 137. The zero-order valence-corrected chi connectivity index (χ0v) is 61.7. The smallest absolute Gasteiger partial charge is 0.352 e. The van der Waals surface area contributed by atoms with Gasteiger partial charge in [0, 0.05) is 13.0 Å². The van der Waals surface area contributed by atoms with Gasteiger partial charge in [0.25, 0.3) is 0 Å². The van der Waals surface area contributed by atoms with Gasteiger partial charge in [0.05, 0.1) is 29.6 Å². The quantitative estimate of drug-likeness (QED) is 0.0199. The Morgan fingerprint density at radius 2 is 0.571 bits per heavy atom. The van der Waals surface area contributed by atoms with E-state index in [-0.39, 0.29) is 38.3 Å². The second-order valence-electron chi connectivity index (χ2n) is 36.4. The first kappa shape index (κ1) is 57.4. The number of rotatable bonds is 23. The average Bonchev–Trinajstić information content (AvgIpc) is 1.35. The van der Waals surface area contributed by atoms with E-state index in [1.54, 1.807) is 78.9 Å². The standard InChI is InChI=1S/C101H41N3O15/c105-30(118-89(92(107)116-25-27-15-6-3-7-16-27)90(119-91(106)29-19-10-5-11-20-29)93(108)117-26-28-17-8-4-9-18-28)21-14-24-115-95(110)101(94(109)114-23-13-2-1-12-22-104-97(112)102-96(111)103-98(104)113)99-85-77-69-59-49-41-33-31-32-35-39-37(33)45-53-47(39)57-51-43(35)44-36(32)40-38-34(31)42(41)50-56-46(38)54-48(40)58-52(44)62-61(51)71-65(57)75-67(53)73(63(69)55(45)49)81(85)83(75)87-79(71)80-72(62)66(58)76-68(54)74-64(56)70(60(50)59)78(77)86(99)82(74)84(76)88(80)100(87,99)101/h3-11,15-20,89-90H,1-2,12-14,21-26H2,(H2,102,103,111,112,113)/t89-,90-,99?,100?,101?/m1/s1. The second kappa shape index (κ2) is 16.5. The third-order valence-electron chi connectivity index (χ3n) is 32.9. The Labute approximate surface area is 655 Å². The monoisotopic (exact) mass is 1540 g/mol. The molecule has 1 aromatic heterocycles. The topological polar surface area (TPSA) is 246 Å². The minimum absolute atomic E-state index is 0.0447. The fourth-order valence-electron chi connectivity index (χ4n) is 30.4. The molecule has 2 spiro atoms. The zero-order valence-electron chi connectivity index (χ0n) is 61.7. The van der Waals surface area contributed by atoms with Gasteiger partial charge in [0.2, 0.25) is 12.2 Å². The first-order valence-electron chi connectivity index (χ1n) is 41.4. The maximum Gasteiger partial charge on any atom is 0.352 e. The number of hydrogen-bond acceptors (Lipinski definition) is 15. The van der Waals surface area contributed by atoms with Crippen LogP contribution in [0.25, 0.3) is 291 Å². The number of aromatic nitrogens is 3. The van der Waals surface area contributed by atoms with E-state index in [0.717, 1.165) is 69.9 Å². The van der Waals surface area contributed by atoms with Crippen molar-refractivity contribution < 1.29 is 57.2 Å². The number of nitrogens with one attached hydrogen (secondary N) is 2. The van der Waals surface area contributed by atoms with Gasteiger partial charge in [-0.15, -0.1) is 0 Å². The summed E-state index contributed by atoms with van der Waals surface area (Å²) in [5.41, 5.74) is -2.22. The van der Waals surface area contributed by atoms with Gasteiger partial charge in [0.1, 0.15) is 13.2 Å². The van der Waals surface area contributed by atoms with Crippen LogP contribution in [0.15, 0.2) is 105 Å². The van der Waals surface area contributed by atoms with Crippen LogP contribution in [0.5, 0.6) is 0 Å². The maximum absolute atomic E-state index is 18.2. The summed E-state index contributed by atoms with van der Waals surface area (Å²) in [6.45, 7) is -1.03. The van der Waals surface area contributed by atoms with E-state index in [9.17, 15) is 28.8 Å². The Kier molecular flexibility index (Phi) is 7.95. The highest BCUT2D eigenvalue weighted by Crippen LogP contribution is 2.97. The van der Waals surface area contributed by atoms with Gasteiger partial charge in [-0.2, -0.15) is 0 Å². The highest BCUT2D eigenvalue weighted by Gasteiger charge is 3.01. The van der Waals surface area contributed by atoms with E-state index < -0.39 is 94.4 Å². The number of esters is 6. The minimum atomic E-state index is -2.19. The Morgan fingerprint density at radius 3 is 0.882 bits per heavy atom. The molecular formula is C101H41N3O15. The molecule has 5 aliphatic carbocycles. The first-order chi connectivity index (χ1) is 58.5. The lowest BCUT2D eigenvalue weighted by atomic mass is 9.68. The molecule has 550 valence electrons. The number of ether oxygens (including phenoxy) is 6. The summed E-state index contributed by atoms with van der Waals surface area (Å²) in [6, 6.07) is 25.5. The number of H-pyrrole nitrogens is 2. The molecule has 0 bridgehead atoms. The van der Waals surface area contributed by atoms with Crippen molar-refractivity contribution in [1.82, 2.24) is 14.5 Å². The van der Waals surface area contributed by atoms with Crippen molar-refractivity contribution in [2.75, 3.05) is 13.2 Å². The molecule has 18 nitrogen and oxygen atoms in total. The molecule has 0 unspecified atom stereocenters. The predicted molar refractivity (Wildman–Crippen MR) is 456 cm³/mol. The third kappa shape index (κ3) is 4.66. The van der Waals surface area contributed by atoms with Gasteiger partial charge in [-0.05, 0) is 362 Å². The van der Waals surface area contributed by atoms with E-state index >= 15 is 14.4 Å². The third-order valence-corrected chi connectivity index (χ3v) is 32.9. The Morgan fingerprint density at radius 1 is 0.303 bits per heavy atom. The summed E-state index contributed by atoms with van der Waals surface area (Å²) >= 11 is 0. The van der Waals surface area contributed by atoms with E-state index in [2.05, 4.69) is 9.97 Å². The van der Waals surface area contributed by atoms with Crippen LogP contribution in [0.1, 0.15) is 82.3 Å². The van der Waals surface area contributed by atoms with Crippen LogP contribution in [0, 0.1) is 5.41 Å². The van der Waals surface area contributed by atoms with Crippen molar-refractivity contribution in [3.05, 3.63) is 161 Å². The molecule has 1 saturated carbocycles. The van der Waals surface area contributed by atoms with Crippen molar-refractivity contribution in [1.29, 1.82) is 0 Å². The van der Waals surface area contributed by atoms with E-state index in [1.165, 1.54) is 260 Å². The number of carbonyl (C=O) groups excluding carboxylic acids is 6. The van der Waals surface area contributed by atoms with Crippen LogP contribution in [-0.4, -0.2) is 75.8 Å². The van der Waals surface area contributed by atoms with Gasteiger partial charge in [0.15, 0.2) is 5.41 Å². The number of carbonyl (C=O) groups is 6. The minimum Gasteiger partial charge on any atom is -0.465 e. The fourth-order valence-corrected chi connectivity index (χ4v) is 30.4. The van der Waals surface area contributed by atoms with Crippen molar-refractivity contribution in [3.8, 4) is 0 Å². The predicted octanol–water partition coefficient (Wildman–Crippen LogP) is 18.6. The molecule has 37 rings (SSSR count). The molecule has 0 saturated heterocycles. The Bertz CT molecular complexity index is 9530.